The van der Waals surface area contributed by atoms with E-state index in [-0.39, 0.29) is 13.2 Å². The molecule has 106 valence electrons. The van der Waals surface area contributed by atoms with E-state index in [1.54, 1.807) is 13.8 Å². The highest BCUT2D eigenvalue weighted by molar-refractivity contribution is 5.67. The Bertz CT molecular complexity index is 386. The van der Waals surface area contributed by atoms with E-state index < -0.39 is 17.7 Å². The van der Waals surface area contributed by atoms with Gasteiger partial charge in [0.15, 0.2) is 0 Å². The fourth-order valence-corrected chi connectivity index (χ4v) is 1.50. The number of aliphatic hydroxyl groups is 1. The molecule has 1 aromatic rings. The Hall–Kier alpha value is -1.59. The van der Waals surface area contributed by atoms with Gasteiger partial charge in [-0.3, -0.25) is 0 Å². The number of carbonyl (C=O) groups is 1. The number of nitrogens with one attached hydrogen (secondary N) is 1. The van der Waals surface area contributed by atoms with Crippen molar-refractivity contribution in [1.82, 2.24) is 5.32 Å². The first-order valence-corrected chi connectivity index (χ1v) is 6.12. The molecular weight excluding hydrogens is 246 g/mol. The molecule has 5 heteroatoms. The normalized spacial score (nSPS) is 12.8. The molecule has 1 unspecified atom stereocenters. The van der Waals surface area contributed by atoms with Gasteiger partial charge in [-0.1, -0.05) is 30.3 Å². The van der Waals surface area contributed by atoms with Crippen LogP contribution in [0, 0.1) is 0 Å². The van der Waals surface area contributed by atoms with Crippen LogP contribution in [-0.2, 0) is 16.1 Å². The number of hydrogen-bond donors (Lipinski definition) is 2. The summed E-state index contributed by atoms with van der Waals surface area (Å²) in [5, 5.41) is 12.5. The van der Waals surface area contributed by atoms with Crippen LogP contribution in [0.4, 0.5) is 4.79 Å². The Morgan fingerprint density at radius 2 is 2.00 bits per heavy atom. The number of rotatable bonds is 6. The maximum absolute atomic E-state index is 11.6. The zero-order valence-electron chi connectivity index (χ0n) is 11.6. The van der Waals surface area contributed by atoms with Crippen molar-refractivity contribution in [1.29, 1.82) is 0 Å². The van der Waals surface area contributed by atoms with Gasteiger partial charge in [-0.2, -0.15) is 0 Å². The summed E-state index contributed by atoms with van der Waals surface area (Å²) in [5.41, 5.74) is -0.175. The van der Waals surface area contributed by atoms with Gasteiger partial charge in [0.1, 0.15) is 6.61 Å². The quantitative estimate of drug-likeness (QED) is 0.823. The summed E-state index contributed by atoms with van der Waals surface area (Å²) in [6, 6.07) is 8.86. The number of carbonyl (C=O) groups excluding carboxylic acids is 1. The van der Waals surface area contributed by atoms with Crippen LogP contribution in [0.15, 0.2) is 30.3 Å². The molecule has 0 aliphatic rings. The minimum absolute atomic E-state index is 0.193. The van der Waals surface area contributed by atoms with E-state index >= 15 is 0 Å². The standard InChI is InChI=1S/C14H21NO4/c1-14(2,17)12(10-18-3)15-13(16)19-9-11-7-5-4-6-8-11/h4-8,12,17H,9-10H2,1-3H3,(H,15,16). The molecule has 0 aliphatic heterocycles. The lowest BCUT2D eigenvalue weighted by Gasteiger charge is -2.29. The fourth-order valence-electron chi connectivity index (χ4n) is 1.50. The molecule has 0 saturated heterocycles. The van der Waals surface area contributed by atoms with Gasteiger partial charge in [-0.05, 0) is 19.4 Å². The van der Waals surface area contributed by atoms with Crippen molar-refractivity contribution in [2.75, 3.05) is 13.7 Å². The second-order valence-corrected chi connectivity index (χ2v) is 4.87. The lowest BCUT2D eigenvalue weighted by Crippen LogP contribution is -2.51. The van der Waals surface area contributed by atoms with E-state index in [9.17, 15) is 9.90 Å². The van der Waals surface area contributed by atoms with Crippen molar-refractivity contribution < 1.29 is 19.4 Å². The molecule has 0 heterocycles. The number of alkyl carbamates (subject to hydrolysis) is 1. The molecule has 0 aliphatic carbocycles. The van der Waals surface area contributed by atoms with Crippen LogP contribution in [0.3, 0.4) is 0 Å². The molecule has 19 heavy (non-hydrogen) atoms. The number of benzene rings is 1. The first-order chi connectivity index (χ1) is 8.93. The van der Waals surface area contributed by atoms with Crippen LogP contribution in [-0.4, -0.2) is 36.6 Å². The lowest BCUT2D eigenvalue weighted by molar-refractivity contribution is 0.00308. The van der Waals surface area contributed by atoms with Gasteiger partial charge in [-0.25, -0.2) is 4.79 Å². The first-order valence-electron chi connectivity index (χ1n) is 6.12. The van der Waals surface area contributed by atoms with Crippen LogP contribution in [0.2, 0.25) is 0 Å². The highest BCUT2D eigenvalue weighted by Gasteiger charge is 2.28. The highest BCUT2D eigenvalue weighted by atomic mass is 16.5. The molecule has 0 fully saturated rings. The molecule has 0 bridgehead atoms. The van der Waals surface area contributed by atoms with E-state index in [4.69, 9.17) is 9.47 Å². The molecule has 0 saturated carbocycles. The molecule has 1 atom stereocenters. The molecule has 1 rings (SSSR count). The number of ether oxygens (including phenoxy) is 2. The second-order valence-electron chi connectivity index (χ2n) is 4.87. The van der Waals surface area contributed by atoms with E-state index in [1.165, 1.54) is 7.11 Å². The third kappa shape index (κ3) is 5.72. The van der Waals surface area contributed by atoms with Gasteiger partial charge in [-0.15, -0.1) is 0 Å². The smallest absolute Gasteiger partial charge is 0.407 e. The topological polar surface area (TPSA) is 67.8 Å². The Kier molecular flexibility index (Phi) is 5.79. The van der Waals surface area contributed by atoms with Crippen LogP contribution in [0.25, 0.3) is 0 Å². The largest absolute Gasteiger partial charge is 0.445 e. The first kappa shape index (κ1) is 15.5. The Morgan fingerprint density at radius 3 is 2.53 bits per heavy atom. The predicted octanol–water partition coefficient (Wildman–Crippen LogP) is 1.70. The molecule has 0 spiro atoms. The van der Waals surface area contributed by atoms with Crippen molar-refractivity contribution in [3.63, 3.8) is 0 Å². The SMILES string of the molecule is COCC(NC(=O)OCc1ccccc1)C(C)(C)O. The van der Waals surface area contributed by atoms with Crippen LogP contribution < -0.4 is 5.32 Å². The molecule has 2 N–H and O–H groups in total. The maximum atomic E-state index is 11.6. The number of amides is 1. The van der Waals surface area contributed by atoms with Gasteiger partial charge in [0.25, 0.3) is 0 Å². The minimum atomic E-state index is -1.08. The van der Waals surface area contributed by atoms with Crippen molar-refractivity contribution >= 4 is 6.09 Å². The second kappa shape index (κ2) is 7.11. The molecular formula is C14H21NO4. The summed E-state index contributed by atoms with van der Waals surface area (Å²) in [7, 11) is 1.51. The summed E-state index contributed by atoms with van der Waals surface area (Å²) in [5.74, 6) is 0. The minimum Gasteiger partial charge on any atom is -0.445 e. The average molecular weight is 267 g/mol. The monoisotopic (exact) mass is 267 g/mol. The summed E-state index contributed by atoms with van der Waals surface area (Å²) in [4.78, 5) is 11.6. The van der Waals surface area contributed by atoms with Crippen LogP contribution in [0.5, 0.6) is 0 Å². The van der Waals surface area contributed by atoms with E-state index in [1.807, 2.05) is 30.3 Å². The van der Waals surface area contributed by atoms with Gasteiger partial charge in [0, 0.05) is 7.11 Å². The predicted molar refractivity (Wildman–Crippen MR) is 71.7 cm³/mol. The zero-order chi connectivity index (χ0) is 14.3. The van der Waals surface area contributed by atoms with E-state index in [2.05, 4.69) is 5.32 Å². The van der Waals surface area contributed by atoms with Gasteiger partial charge in [0.2, 0.25) is 0 Å². The van der Waals surface area contributed by atoms with Crippen LogP contribution in [0.1, 0.15) is 19.4 Å². The Balaban J connectivity index is 2.45. The number of hydrogen-bond acceptors (Lipinski definition) is 4. The molecule has 1 aromatic carbocycles. The average Bonchev–Trinajstić information content (AvgIpc) is 2.36. The highest BCUT2D eigenvalue weighted by Crippen LogP contribution is 2.09. The van der Waals surface area contributed by atoms with E-state index in [0.29, 0.717) is 0 Å². The third-order valence-corrected chi connectivity index (χ3v) is 2.69. The van der Waals surface area contributed by atoms with Gasteiger partial charge in [0.05, 0.1) is 18.2 Å². The fraction of sp³-hybridized carbons (Fsp3) is 0.500. The zero-order valence-corrected chi connectivity index (χ0v) is 11.6. The molecule has 5 nitrogen and oxygen atoms in total. The van der Waals surface area contributed by atoms with Crippen LogP contribution >= 0.6 is 0 Å². The van der Waals surface area contributed by atoms with Crippen molar-refractivity contribution in [2.45, 2.75) is 32.1 Å². The lowest BCUT2D eigenvalue weighted by atomic mass is 10.0. The Morgan fingerprint density at radius 1 is 1.37 bits per heavy atom. The summed E-state index contributed by atoms with van der Waals surface area (Å²) in [6.45, 7) is 3.62. The third-order valence-electron chi connectivity index (χ3n) is 2.69. The van der Waals surface area contributed by atoms with Crippen molar-refractivity contribution in [3.8, 4) is 0 Å². The van der Waals surface area contributed by atoms with E-state index in [0.717, 1.165) is 5.56 Å². The molecule has 1 amide bonds. The summed E-state index contributed by atoms with van der Waals surface area (Å²) >= 11 is 0. The van der Waals surface area contributed by atoms with Gasteiger partial charge >= 0.3 is 6.09 Å². The Labute approximate surface area is 113 Å². The molecule has 0 radical (unpaired) electrons. The van der Waals surface area contributed by atoms with Gasteiger partial charge < -0.3 is 19.9 Å². The maximum Gasteiger partial charge on any atom is 0.407 e. The summed E-state index contributed by atoms with van der Waals surface area (Å²) in [6.07, 6.45) is -0.576. The van der Waals surface area contributed by atoms with Crippen molar-refractivity contribution in [2.24, 2.45) is 0 Å². The van der Waals surface area contributed by atoms with Crippen molar-refractivity contribution in [3.05, 3.63) is 35.9 Å². The summed E-state index contributed by atoms with van der Waals surface area (Å²) < 4.78 is 10.0. The number of methoxy groups -OCH3 is 1. The molecule has 0 aromatic heterocycles.